The van der Waals surface area contributed by atoms with Crippen molar-refractivity contribution in [3.63, 3.8) is 0 Å². The first-order chi connectivity index (χ1) is 9.01. The predicted molar refractivity (Wildman–Crippen MR) is 68.6 cm³/mol. The van der Waals surface area contributed by atoms with Crippen molar-refractivity contribution in [2.24, 2.45) is 0 Å². The number of carbonyl (C=O) groups is 2. The zero-order chi connectivity index (χ0) is 14.3. The van der Waals surface area contributed by atoms with Crippen molar-refractivity contribution < 1.29 is 18.8 Å². The summed E-state index contributed by atoms with van der Waals surface area (Å²) in [6.07, 6.45) is 1.00. The maximum Gasteiger partial charge on any atom is 0.305 e. The van der Waals surface area contributed by atoms with Crippen LogP contribution in [0, 0.1) is 6.92 Å². The lowest BCUT2D eigenvalue weighted by Gasteiger charge is -2.14. The van der Waals surface area contributed by atoms with Crippen LogP contribution < -0.4 is 5.32 Å². The Balaban J connectivity index is 2.22. The molecule has 0 fully saturated rings. The number of likely N-dealkylation sites (N-methyl/N-ethyl adjacent to an activating group) is 1. The first kappa shape index (κ1) is 15.2. The Labute approximate surface area is 111 Å². The standard InChI is InChI=1S/C12H19N3O4/c1-9-7-11(19-14-9)13-10(16)8-15(2)6-4-5-12(17)18-3/h7H,4-6,8H2,1-3H3,(H,13,16). The topological polar surface area (TPSA) is 84.7 Å². The molecule has 19 heavy (non-hydrogen) atoms. The number of hydrogen-bond donors (Lipinski definition) is 1. The minimum Gasteiger partial charge on any atom is -0.469 e. The SMILES string of the molecule is COC(=O)CCCN(C)CC(=O)Nc1cc(C)no1. The summed E-state index contributed by atoms with van der Waals surface area (Å²) in [7, 11) is 3.17. The first-order valence-electron chi connectivity index (χ1n) is 6.00. The van der Waals surface area contributed by atoms with Gasteiger partial charge in [-0.05, 0) is 26.9 Å². The second kappa shape index (κ2) is 7.52. The lowest BCUT2D eigenvalue weighted by molar-refractivity contribution is -0.140. The van der Waals surface area contributed by atoms with Crippen molar-refractivity contribution in [1.82, 2.24) is 10.1 Å². The summed E-state index contributed by atoms with van der Waals surface area (Å²) < 4.78 is 9.42. The van der Waals surface area contributed by atoms with E-state index in [1.165, 1.54) is 7.11 Å². The fourth-order valence-corrected chi connectivity index (χ4v) is 1.52. The number of amides is 1. The second-order valence-corrected chi connectivity index (χ2v) is 4.30. The molecule has 1 N–H and O–H groups in total. The molecule has 0 aliphatic carbocycles. The fourth-order valence-electron chi connectivity index (χ4n) is 1.52. The Morgan fingerprint density at radius 2 is 2.26 bits per heavy atom. The highest BCUT2D eigenvalue weighted by Gasteiger charge is 2.10. The zero-order valence-corrected chi connectivity index (χ0v) is 11.4. The van der Waals surface area contributed by atoms with Crippen LogP contribution in [-0.4, -0.2) is 49.2 Å². The van der Waals surface area contributed by atoms with Crippen LogP contribution in [0.5, 0.6) is 0 Å². The molecule has 0 radical (unpaired) electrons. The van der Waals surface area contributed by atoms with Crippen LogP contribution in [-0.2, 0) is 14.3 Å². The molecule has 0 aliphatic heterocycles. The minimum atomic E-state index is -0.241. The Morgan fingerprint density at radius 1 is 1.53 bits per heavy atom. The van der Waals surface area contributed by atoms with Gasteiger partial charge in [-0.15, -0.1) is 0 Å². The molecule has 1 amide bonds. The number of esters is 1. The molecule has 0 saturated carbocycles. The van der Waals surface area contributed by atoms with Crippen molar-refractivity contribution in [3.8, 4) is 0 Å². The van der Waals surface area contributed by atoms with Gasteiger partial charge in [-0.25, -0.2) is 0 Å². The Hall–Kier alpha value is -1.89. The van der Waals surface area contributed by atoms with E-state index in [1.54, 1.807) is 13.0 Å². The van der Waals surface area contributed by atoms with E-state index in [4.69, 9.17) is 4.52 Å². The summed E-state index contributed by atoms with van der Waals surface area (Å²) in [6.45, 7) is 2.64. The third kappa shape index (κ3) is 6.01. The highest BCUT2D eigenvalue weighted by Crippen LogP contribution is 2.07. The summed E-state index contributed by atoms with van der Waals surface area (Å²) >= 11 is 0. The molecule has 0 bridgehead atoms. The number of rotatable bonds is 7. The van der Waals surface area contributed by atoms with Crippen molar-refractivity contribution >= 4 is 17.8 Å². The highest BCUT2D eigenvalue weighted by molar-refractivity contribution is 5.90. The predicted octanol–water partition coefficient (Wildman–Crippen LogP) is 0.807. The van der Waals surface area contributed by atoms with Crippen molar-refractivity contribution in [2.45, 2.75) is 19.8 Å². The minimum absolute atomic E-state index is 0.184. The van der Waals surface area contributed by atoms with Gasteiger partial charge in [-0.2, -0.15) is 0 Å². The average Bonchev–Trinajstić information content (AvgIpc) is 2.74. The lowest BCUT2D eigenvalue weighted by atomic mass is 10.3. The Morgan fingerprint density at radius 3 is 2.84 bits per heavy atom. The van der Waals surface area contributed by atoms with Gasteiger partial charge in [0.05, 0.1) is 19.3 Å². The molecule has 7 nitrogen and oxygen atoms in total. The largest absolute Gasteiger partial charge is 0.469 e. The maximum absolute atomic E-state index is 11.7. The molecule has 0 unspecified atom stereocenters. The molecule has 1 aromatic rings. The number of anilines is 1. The molecule has 0 spiro atoms. The number of aryl methyl sites for hydroxylation is 1. The van der Waals surface area contributed by atoms with Gasteiger partial charge >= 0.3 is 5.97 Å². The maximum atomic E-state index is 11.7. The van der Waals surface area contributed by atoms with Gasteiger partial charge in [-0.1, -0.05) is 5.16 Å². The first-order valence-corrected chi connectivity index (χ1v) is 6.00. The van der Waals surface area contributed by atoms with Crippen LogP contribution in [0.4, 0.5) is 5.88 Å². The van der Waals surface area contributed by atoms with Crippen LogP contribution >= 0.6 is 0 Å². The van der Waals surface area contributed by atoms with Gasteiger partial charge in [0.2, 0.25) is 11.8 Å². The van der Waals surface area contributed by atoms with E-state index in [-0.39, 0.29) is 18.4 Å². The van der Waals surface area contributed by atoms with Gasteiger partial charge in [0, 0.05) is 12.5 Å². The lowest BCUT2D eigenvalue weighted by Crippen LogP contribution is -2.31. The molecule has 7 heteroatoms. The van der Waals surface area contributed by atoms with Gasteiger partial charge in [0.15, 0.2) is 0 Å². The monoisotopic (exact) mass is 269 g/mol. The van der Waals surface area contributed by atoms with E-state index in [0.29, 0.717) is 31.0 Å². The quantitative estimate of drug-likeness (QED) is 0.737. The third-order valence-electron chi connectivity index (χ3n) is 2.45. The van der Waals surface area contributed by atoms with Crippen molar-refractivity contribution in [1.29, 1.82) is 0 Å². The van der Waals surface area contributed by atoms with Crippen molar-refractivity contribution in [3.05, 3.63) is 11.8 Å². The molecule has 1 aromatic heterocycles. The summed E-state index contributed by atoms with van der Waals surface area (Å²) in [5.74, 6) is -0.0860. The Bertz CT molecular complexity index is 430. The second-order valence-electron chi connectivity index (χ2n) is 4.30. The van der Waals surface area contributed by atoms with Crippen LogP contribution in [0.2, 0.25) is 0 Å². The normalized spacial score (nSPS) is 10.5. The van der Waals surface area contributed by atoms with E-state index in [0.717, 1.165) is 0 Å². The van der Waals surface area contributed by atoms with E-state index in [2.05, 4.69) is 15.2 Å². The van der Waals surface area contributed by atoms with Crippen LogP contribution in [0.3, 0.4) is 0 Å². The smallest absolute Gasteiger partial charge is 0.305 e. The third-order valence-corrected chi connectivity index (χ3v) is 2.45. The molecule has 0 aliphatic rings. The van der Waals surface area contributed by atoms with Gasteiger partial charge in [0.25, 0.3) is 0 Å². The van der Waals surface area contributed by atoms with Gasteiger partial charge in [0.1, 0.15) is 0 Å². The van der Waals surface area contributed by atoms with Crippen LogP contribution in [0.15, 0.2) is 10.6 Å². The Kier molecular flexibility index (Phi) is 6.01. The fraction of sp³-hybridized carbons (Fsp3) is 0.583. The number of methoxy groups -OCH3 is 1. The van der Waals surface area contributed by atoms with E-state index < -0.39 is 0 Å². The number of carbonyl (C=O) groups excluding carboxylic acids is 2. The number of nitrogens with one attached hydrogen (secondary N) is 1. The van der Waals surface area contributed by atoms with Crippen molar-refractivity contribution in [2.75, 3.05) is 32.6 Å². The zero-order valence-electron chi connectivity index (χ0n) is 11.4. The molecule has 106 valence electrons. The van der Waals surface area contributed by atoms with E-state index in [9.17, 15) is 9.59 Å². The van der Waals surface area contributed by atoms with E-state index in [1.807, 2.05) is 11.9 Å². The van der Waals surface area contributed by atoms with E-state index >= 15 is 0 Å². The highest BCUT2D eigenvalue weighted by atomic mass is 16.5. The van der Waals surface area contributed by atoms with Gasteiger partial charge in [-0.3, -0.25) is 19.8 Å². The summed E-state index contributed by atoms with van der Waals surface area (Å²) in [6, 6.07) is 1.65. The van der Waals surface area contributed by atoms with Crippen LogP contribution in [0.25, 0.3) is 0 Å². The molecule has 0 atom stereocenters. The molecule has 1 rings (SSSR count). The van der Waals surface area contributed by atoms with Gasteiger partial charge < -0.3 is 9.26 Å². The average molecular weight is 269 g/mol. The number of aromatic nitrogens is 1. The summed E-state index contributed by atoms with van der Waals surface area (Å²) in [5, 5.41) is 6.28. The molecular formula is C12H19N3O4. The molecule has 0 saturated heterocycles. The molecular weight excluding hydrogens is 250 g/mol. The number of ether oxygens (including phenoxy) is 1. The molecule has 0 aromatic carbocycles. The van der Waals surface area contributed by atoms with Crippen LogP contribution in [0.1, 0.15) is 18.5 Å². The number of nitrogens with zero attached hydrogens (tertiary/aromatic N) is 2. The molecule has 1 heterocycles. The summed E-state index contributed by atoms with van der Waals surface area (Å²) in [5.41, 5.74) is 0.710. The summed E-state index contributed by atoms with van der Waals surface area (Å²) in [4.78, 5) is 24.4. The number of hydrogen-bond acceptors (Lipinski definition) is 6.